The zero-order valence-electron chi connectivity index (χ0n) is 15.6. The summed E-state index contributed by atoms with van der Waals surface area (Å²) < 4.78 is 0. The first-order valence-corrected chi connectivity index (χ1v) is 8.79. The third-order valence-electron chi connectivity index (χ3n) is 4.50. The number of hydrogen-bond donors (Lipinski definition) is 3. The summed E-state index contributed by atoms with van der Waals surface area (Å²) in [6, 6.07) is 8.95. The molecule has 0 aromatic heterocycles. The van der Waals surface area contributed by atoms with Crippen LogP contribution in [-0.4, -0.2) is 32.0 Å². The summed E-state index contributed by atoms with van der Waals surface area (Å²) in [4.78, 5) is 23.0. The monoisotopic (exact) mass is 334 g/mol. The summed E-state index contributed by atoms with van der Waals surface area (Å²) in [7, 11) is 1.55. The van der Waals surface area contributed by atoms with Crippen LogP contribution in [0.1, 0.15) is 57.2 Å². The Hall–Kier alpha value is -1.88. The molecular weight excluding hydrogens is 302 g/mol. The molecule has 0 heterocycles. The molecule has 0 radical (unpaired) electrons. The Bertz CT molecular complexity index is 526. The van der Waals surface area contributed by atoms with Crippen molar-refractivity contribution in [3.8, 4) is 0 Å². The van der Waals surface area contributed by atoms with E-state index in [1.54, 1.807) is 7.05 Å². The molecular formula is C19H32N3O2+. The van der Waals surface area contributed by atoms with E-state index < -0.39 is 0 Å². The summed E-state index contributed by atoms with van der Waals surface area (Å²) in [5, 5.41) is 7.16. The van der Waals surface area contributed by atoms with Gasteiger partial charge in [-0.25, -0.2) is 0 Å². The lowest BCUT2D eigenvalue weighted by Gasteiger charge is -2.20. The maximum atomic E-state index is 11.9. The van der Waals surface area contributed by atoms with E-state index in [0.29, 0.717) is 18.4 Å². The van der Waals surface area contributed by atoms with Gasteiger partial charge in [-0.2, -0.15) is 0 Å². The summed E-state index contributed by atoms with van der Waals surface area (Å²) in [6.45, 7) is 9.09. The van der Waals surface area contributed by atoms with Gasteiger partial charge >= 0.3 is 0 Å². The van der Waals surface area contributed by atoms with Crippen molar-refractivity contribution in [3.05, 3.63) is 35.4 Å². The first-order chi connectivity index (χ1) is 11.4. The van der Waals surface area contributed by atoms with Crippen molar-refractivity contribution in [3.63, 3.8) is 0 Å². The van der Waals surface area contributed by atoms with E-state index in [-0.39, 0.29) is 24.4 Å². The van der Waals surface area contributed by atoms with Crippen molar-refractivity contribution in [1.82, 2.24) is 10.6 Å². The van der Waals surface area contributed by atoms with Crippen molar-refractivity contribution >= 4 is 11.8 Å². The van der Waals surface area contributed by atoms with Gasteiger partial charge in [-0.1, -0.05) is 52.0 Å². The van der Waals surface area contributed by atoms with Gasteiger partial charge in [-0.15, -0.1) is 0 Å². The van der Waals surface area contributed by atoms with Crippen LogP contribution in [0.3, 0.4) is 0 Å². The second-order valence-electron chi connectivity index (χ2n) is 6.64. The molecule has 0 aliphatic rings. The molecule has 0 fully saturated rings. The molecule has 0 aliphatic carbocycles. The van der Waals surface area contributed by atoms with Crippen molar-refractivity contribution in [2.24, 2.45) is 5.92 Å². The Morgan fingerprint density at radius 2 is 1.62 bits per heavy atom. The Labute approximate surface area is 145 Å². The molecule has 0 saturated heterocycles. The van der Waals surface area contributed by atoms with Gasteiger partial charge in [0.25, 0.3) is 5.91 Å². The summed E-state index contributed by atoms with van der Waals surface area (Å²) in [6.07, 6.45) is 1.13. The highest BCUT2D eigenvalue weighted by molar-refractivity contribution is 5.84. The number of nitrogens with two attached hydrogens (primary N) is 1. The van der Waals surface area contributed by atoms with Crippen molar-refractivity contribution in [2.45, 2.75) is 46.1 Å². The fourth-order valence-electron chi connectivity index (χ4n) is 2.65. The van der Waals surface area contributed by atoms with Crippen LogP contribution in [0.4, 0.5) is 0 Å². The number of likely N-dealkylation sites (N-methyl/N-ethyl adjacent to an activating group) is 1. The highest BCUT2D eigenvalue weighted by atomic mass is 16.2. The predicted molar refractivity (Wildman–Crippen MR) is 96.6 cm³/mol. The third-order valence-corrected chi connectivity index (χ3v) is 4.50. The number of carbonyl (C=O) groups is 2. The molecule has 0 unspecified atom stereocenters. The minimum absolute atomic E-state index is 0.0269. The van der Waals surface area contributed by atoms with Gasteiger partial charge in [-0.3, -0.25) is 9.59 Å². The fourth-order valence-corrected chi connectivity index (χ4v) is 2.65. The number of rotatable bonds is 9. The number of benzene rings is 1. The molecule has 24 heavy (non-hydrogen) atoms. The molecule has 2 atom stereocenters. The van der Waals surface area contributed by atoms with Crippen LogP contribution in [0.5, 0.6) is 0 Å². The largest absolute Gasteiger partial charge is 0.358 e. The van der Waals surface area contributed by atoms with E-state index in [9.17, 15) is 9.59 Å². The molecule has 134 valence electrons. The van der Waals surface area contributed by atoms with E-state index in [2.05, 4.69) is 62.6 Å². The summed E-state index contributed by atoms with van der Waals surface area (Å²) in [5.74, 6) is 0.659. The first-order valence-electron chi connectivity index (χ1n) is 8.79. The van der Waals surface area contributed by atoms with Gasteiger partial charge < -0.3 is 16.0 Å². The molecule has 5 heteroatoms. The average molecular weight is 334 g/mol. The minimum atomic E-state index is -0.190. The zero-order valence-corrected chi connectivity index (χ0v) is 15.6. The lowest BCUT2D eigenvalue weighted by atomic mass is 9.92. The SMILES string of the molecule is CC[C@@H](C)c1ccc([C@H]([NH2+]CC(=O)NCC(=O)NC)C(C)C)cc1. The first kappa shape index (κ1) is 20.2. The van der Waals surface area contributed by atoms with Crippen LogP contribution >= 0.6 is 0 Å². The van der Waals surface area contributed by atoms with E-state index in [0.717, 1.165) is 6.42 Å². The van der Waals surface area contributed by atoms with Crippen molar-refractivity contribution in [2.75, 3.05) is 20.1 Å². The maximum Gasteiger partial charge on any atom is 0.275 e. The molecule has 1 aromatic carbocycles. The predicted octanol–water partition coefficient (Wildman–Crippen LogP) is 1.32. The van der Waals surface area contributed by atoms with Crippen LogP contribution in [-0.2, 0) is 9.59 Å². The maximum absolute atomic E-state index is 11.9. The third kappa shape index (κ3) is 6.32. The van der Waals surface area contributed by atoms with Crippen molar-refractivity contribution in [1.29, 1.82) is 0 Å². The van der Waals surface area contributed by atoms with Crippen molar-refractivity contribution < 1.29 is 14.9 Å². The second-order valence-corrected chi connectivity index (χ2v) is 6.64. The van der Waals surface area contributed by atoms with Gasteiger partial charge in [0.2, 0.25) is 5.91 Å². The van der Waals surface area contributed by atoms with Crippen LogP contribution in [0.2, 0.25) is 0 Å². The van der Waals surface area contributed by atoms with Crippen LogP contribution in [0, 0.1) is 5.92 Å². The van der Waals surface area contributed by atoms with Gasteiger partial charge in [0.1, 0.15) is 6.04 Å². The standard InChI is InChI=1S/C19H31N3O2/c1-6-14(4)15-7-9-16(10-8-15)19(13(2)3)22-12-18(24)21-11-17(23)20-5/h7-10,13-14,19,22H,6,11-12H2,1-5H3,(H,20,23)(H,21,24)/p+1/t14-,19-/m1/s1. The molecule has 0 spiro atoms. The second kappa shape index (κ2) is 10.1. The van der Waals surface area contributed by atoms with Gasteiger partial charge in [0.15, 0.2) is 6.54 Å². The quantitative estimate of drug-likeness (QED) is 0.637. The Morgan fingerprint density at radius 3 is 2.12 bits per heavy atom. The molecule has 5 nitrogen and oxygen atoms in total. The smallest absolute Gasteiger partial charge is 0.275 e. The normalized spacial score (nSPS) is 13.4. The van der Waals surface area contributed by atoms with Gasteiger partial charge in [-0.05, 0) is 17.9 Å². The number of quaternary nitrogens is 1. The Balaban J connectivity index is 2.64. The average Bonchev–Trinajstić information content (AvgIpc) is 2.59. The number of nitrogens with one attached hydrogen (secondary N) is 2. The molecule has 0 saturated carbocycles. The van der Waals surface area contributed by atoms with E-state index in [4.69, 9.17) is 0 Å². The van der Waals surface area contributed by atoms with E-state index >= 15 is 0 Å². The Morgan fingerprint density at radius 1 is 1.04 bits per heavy atom. The molecule has 2 amide bonds. The Kier molecular flexibility index (Phi) is 8.47. The topological polar surface area (TPSA) is 74.8 Å². The summed E-state index contributed by atoms with van der Waals surface area (Å²) in [5.41, 5.74) is 2.59. The number of amides is 2. The van der Waals surface area contributed by atoms with E-state index in [1.807, 2.05) is 5.32 Å². The van der Waals surface area contributed by atoms with Gasteiger partial charge in [0.05, 0.1) is 6.54 Å². The highest BCUT2D eigenvalue weighted by Crippen LogP contribution is 2.22. The highest BCUT2D eigenvalue weighted by Gasteiger charge is 2.20. The van der Waals surface area contributed by atoms with Crippen LogP contribution in [0.25, 0.3) is 0 Å². The van der Waals surface area contributed by atoms with Crippen LogP contribution < -0.4 is 16.0 Å². The molecule has 4 N–H and O–H groups in total. The number of hydrogen-bond acceptors (Lipinski definition) is 2. The minimum Gasteiger partial charge on any atom is -0.358 e. The zero-order chi connectivity index (χ0) is 18.1. The molecule has 0 aliphatic heterocycles. The fraction of sp³-hybridized carbons (Fsp3) is 0.579. The van der Waals surface area contributed by atoms with E-state index in [1.165, 1.54) is 11.1 Å². The molecule has 1 aromatic rings. The number of carbonyl (C=O) groups excluding carboxylic acids is 2. The lowest BCUT2D eigenvalue weighted by Crippen LogP contribution is -2.88. The van der Waals surface area contributed by atoms with Crippen LogP contribution in [0.15, 0.2) is 24.3 Å². The molecule has 1 rings (SSSR count). The van der Waals surface area contributed by atoms with Gasteiger partial charge in [0, 0.05) is 18.5 Å². The summed E-state index contributed by atoms with van der Waals surface area (Å²) >= 11 is 0. The lowest BCUT2D eigenvalue weighted by molar-refractivity contribution is -0.692. The molecule has 0 bridgehead atoms.